The van der Waals surface area contributed by atoms with Crippen molar-refractivity contribution in [2.45, 2.75) is 38.8 Å². The van der Waals surface area contributed by atoms with Gasteiger partial charge in [-0.15, -0.1) is 0 Å². The SMILES string of the molecule is COc1cccc(C2CCCN2C(=O)c2cnc3c(cnn3C(C)C)c2)c1. The Balaban J connectivity index is 1.64. The highest BCUT2D eigenvalue weighted by Gasteiger charge is 2.31. The van der Waals surface area contributed by atoms with Crippen LogP contribution in [0.15, 0.2) is 42.7 Å². The predicted octanol–water partition coefficient (Wildman–Crippen LogP) is 4.00. The lowest BCUT2D eigenvalue weighted by atomic mass is 10.0. The van der Waals surface area contributed by atoms with E-state index in [0.717, 1.165) is 41.7 Å². The molecule has 0 radical (unpaired) electrons. The third kappa shape index (κ3) is 3.16. The number of nitrogens with zero attached hydrogens (tertiary/aromatic N) is 4. The lowest BCUT2D eigenvalue weighted by molar-refractivity contribution is 0.0735. The number of rotatable bonds is 4. The Morgan fingerprint density at radius 2 is 2.11 bits per heavy atom. The minimum atomic E-state index is 0.0204. The Hall–Kier alpha value is -2.89. The first-order valence-electron chi connectivity index (χ1n) is 9.36. The van der Waals surface area contributed by atoms with Crippen molar-refractivity contribution in [1.29, 1.82) is 0 Å². The number of fused-ring (bicyclic) bond motifs is 1. The van der Waals surface area contributed by atoms with E-state index < -0.39 is 0 Å². The van der Waals surface area contributed by atoms with Crippen LogP contribution in [0, 0.1) is 0 Å². The maximum absolute atomic E-state index is 13.2. The second-order valence-electron chi connectivity index (χ2n) is 7.25. The van der Waals surface area contributed by atoms with Gasteiger partial charge in [0.2, 0.25) is 0 Å². The van der Waals surface area contributed by atoms with Crippen molar-refractivity contribution >= 4 is 16.9 Å². The summed E-state index contributed by atoms with van der Waals surface area (Å²) in [7, 11) is 1.66. The largest absolute Gasteiger partial charge is 0.497 e. The van der Waals surface area contributed by atoms with E-state index in [1.807, 2.05) is 33.8 Å². The Morgan fingerprint density at radius 1 is 1.26 bits per heavy atom. The minimum absolute atomic E-state index is 0.0204. The Bertz CT molecular complexity index is 979. The van der Waals surface area contributed by atoms with Crippen LogP contribution in [0.3, 0.4) is 0 Å². The smallest absolute Gasteiger partial charge is 0.255 e. The van der Waals surface area contributed by atoms with Gasteiger partial charge < -0.3 is 9.64 Å². The van der Waals surface area contributed by atoms with Crippen LogP contribution < -0.4 is 4.74 Å². The van der Waals surface area contributed by atoms with E-state index in [0.29, 0.717) is 5.56 Å². The number of carbonyl (C=O) groups is 1. The number of hydrogen-bond acceptors (Lipinski definition) is 4. The van der Waals surface area contributed by atoms with Crippen molar-refractivity contribution in [3.05, 3.63) is 53.9 Å². The summed E-state index contributed by atoms with van der Waals surface area (Å²) in [5.41, 5.74) is 2.54. The molecule has 1 fully saturated rings. The molecule has 6 nitrogen and oxygen atoms in total. The predicted molar refractivity (Wildman–Crippen MR) is 104 cm³/mol. The monoisotopic (exact) mass is 364 g/mol. The minimum Gasteiger partial charge on any atom is -0.497 e. The van der Waals surface area contributed by atoms with Gasteiger partial charge in [0.05, 0.1) is 24.9 Å². The van der Waals surface area contributed by atoms with Crippen molar-refractivity contribution in [3.63, 3.8) is 0 Å². The third-order valence-corrected chi connectivity index (χ3v) is 5.16. The molecule has 0 aliphatic carbocycles. The number of carbonyl (C=O) groups excluding carboxylic acids is 1. The summed E-state index contributed by atoms with van der Waals surface area (Å²) >= 11 is 0. The van der Waals surface area contributed by atoms with Crippen molar-refractivity contribution in [2.75, 3.05) is 13.7 Å². The molecule has 0 bridgehead atoms. The van der Waals surface area contributed by atoms with E-state index in [1.165, 1.54) is 0 Å². The summed E-state index contributed by atoms with van der Waals surface area (Å²) < 4.78 is 7.22. The number of hydrogen-bond donors (Lipinski definition) is 0. The van der Waals surface area contributed by atoms with E-state index in [1.54, 1.807) is 19.5 Å². The van der Waals surface area contributed by atoms with Crippen LogP contribution >= 0.6 is 0 Å². The van der Waals surface area contributed by atoms with Crippen LogP contribution in [0.2, 0.25) is 0 Å². The van der Waals surface area contributed by atoms with Crippen molar-refractivity contribution in [1.82, 2.24) is 19.7 Å². The van der Waals surface area contributed by atoms with Crippen LogP contribution in [-0.4, -0.2) is 39.2 Å². The molecule has 1 aromatic carbocycles. The molecule has 1 amide bonds. The fraction of sp³-hybridized carbons (Fsp3) is 0.381. The maximum Gasteiger partial charge on any atom is 0.255 e. The topological polar surface area (TPSA) is 60.2 Å². The van der Waals surface area contributed by atoms with Gasteiger partial charge in [-0.3, -0.25) is 4.79 Å². The van der Waals surface area contributed by atoms with E-state index in [2.05, 4.69) is 30.0 Å². The fourth-order valence-corrected chi connectivity index (χ4v) is 3.81. The van der Waals surface area contributed by atoms with E-state index >= 15 is 0 Å². The highest BCUT2D eigenvalue weighted by Crippen LogP contribution is 2.34. The van der Waals surface area contributed by atoms with Crippen molar-refractivity contribution < 1.29 is 9.53 Å². The zero-order chi connectivity index (χ0) is 19.0. The van der Waals surface area contributed by atoms with Gasteiger partial charge in [-0.1, -0.05) is 12.1 Å². The normalized spacial score (nSPS) is 17.0. The molecule has 0 spiro atoms. The zero-order valence-corrected chi connectivity index (χ0v) is 15.9. The molecule has 0 saturated carbocycles. The maximum atomic E-state index is 13.2. The summed E-state index contributed by atoms with van der Waals surface area (Å²) in [6.45, 7) is 4.89. The lowest BCUT2D eigenvalue weighted by Crippen LogP contribution is -2.30. The second kappa shape index (κ2) is 7.02. The van der Waals surface area contributed by atoms with Gasteiger partial charge in [0.1, 0.15) is 5.75 Å². The molecule has 1 saturated heterocycles. The molecular weight excluding hydrogens is 340 g/mol. The van der Waals surface area contributed by atoms with Gasteiger partial charge in [0.25, 0.3) is 5.91 Å². The van der Waals surface area contributed by atoms with E-state index in [4.69, 9.17) is 4.74 Å². The number of amides is 1. The average Bonchev–Trinajstić information content (AvgIpc) is 3.34. The van der Waals surface area contributed by atoms with Gasteiger partial charge in [-0.2, -0.15) is 5.10 Å². The highest BCUT2D eigenvalue weighted by atomic mass is 16.5. The van der Waals surface area contributed by atoms with Crippen LogP contribution in [0.1, 0.15) is 54.7 Å². The number of methoxy groups -OCH3 is 1. The summed E-state index contributed by atoms with van der Waals surface area (Å²) in [6.07, 6.45) is 5.41. The standard InChI is InChI=1S/C21H24N4O2/c1-14(2)25-20-16(13-23-25)10-17(12-22-20)21(26)24-9-5-8-19(24)15-6-4-7-18(11-15)27-3/h4,6-7,10-14,19H,5,8-9H2,1-3H3. The number of likely N-dealkylation sites (tertiary alicyclic amines) is 1. The van der Waals surface area contributed by atoms with Crippen molar-refractivity contribution in [3.8, 4) is 5.75 Å². The number of aromatic nitrogens is 3. The van der Waals surface area contributed by atoms with Crippen molar-refractivity contribution in [2.24, 2.45) is 0 Å². The molecule has 6 heteroatoms. The summed E-state index contributed by atoms with van der Waals surface area (Å²) in [5, 5.41) is 5.28. The van der Waals surface area contributed by atoms with Crippen LogP contribution in [-0.2, 0) is 0 Å². The average molecular weight is 364 g/mol. The molecule has 2 aromatic heterocycles. The van der Waals surface area contributed by atoms with E-state index in [-0.39, 0.29) is 18.0 Å². The first-order valence-corrected chi connectivity index (χ1v) is 9.36. The molecule has 3 aromatic rings. The third-order valence-electron chi connectivity index (χ3n) is 5.16. The fourth-order valence-electron chi connectivity index (χ4n) is 3.81. The van der Waals surface area contributed by atoms with Gasteiger partial charge in [0, 0.05) is 24.2 Å². The molecule has 27 heavy (non-hydrogen) atoms. The number of ether oxygens (including phenoxy) is 1. The first-order chi connectivity index (χ1) is 13.1. The summed E-state index contributed by atoms with van der Waals surface area (Å²) in [5.74, 6) is 0.836. The zero-order valence-electron chi connectivity index (χ0n) is 15.9. The van der Waals surface area contributed by atoms with Crippen LogP contribution in [0.5, 0.6) is 5.75 Å². The van der Waals surface area contributed by atoms with Gasteiger partial charge in [-0.25, -0.2) is 9.67 Å². The highest BCUT2D eigenvalue weighted by molar-refractivity contribution is 5.97. The Kier molecular flexibility index (Phi) is 4.56. The van der Waals surface area contributed by atoms with Crippen LogP contribution in [0.25, 0.3) is 11.0 Å². The summed E-state index contributed by atoms with van der Waals surface area (Å²) in [6, 6.07) is 10.2. The number of pyridine rings is 1. The molecule has 140 valence electrons. The number of benzene rings is 1. The first kappa shape index (κ1) is 17.5. The Labute approximate surface area is 158 Å². The van der Waals surface area contributed by atoms with Crippen LogP contribution in [0.4, 0.5) is 0 Å². The quantitative estimate of drug-likeness (QED) is 0.702. The molecule has 4 rings (SSSR count). The molecule has 1 aliphatic heterocycles. The molecular formula is C21H24N4O2. The van der Waals surface area contributed by atoms with Gasteiger partial charge >= 0.3 is 0 Å². The molecule has 1 unspecified atom stereocenters. The second-order valence-corrected chi connectivity index (χ2v) is 7.25. The Morgan fingerprint density at radius 3 is 2.89 bits per heavy atom. The molecule has 1 aliphatic rings. The van der Waals surface area contributed by atoms with E-state index in [9.17, 15) is 4.79 Å². The summed E-state index contributed by atoms with van der Waals surface area (Å²) in [4.78, 5) is 19.7. The molecule has 3 heterocycles. The van der Waals surface area contributed by atoms with Gasteiger partial charge in [0.15, 0.2) is 5.65 Å². The molecule has 0 N–H and O–H groups in total. The molecule has 1 atom stereocenters. The van der Waals surface area contributed by atoms with Gasteiger partial charge in [-0.05, 0) is 50.5 Å². The lowest BCUT2D eigenvalue weighted by Gasteiger charge is -2.25.